The molecule has 1 unspecified atom stereocenters. The van der Waals surface area contributed by atoms with E-state index < -0.39 is 0 Å². The molecule has 2 N–H and O–H groups in total. The Hall–Kier alpha value is -1.41. The van der Waals surface area contributed by atoms with Gasteiger partial charge < -0.3 is 15.3 Å². The van der Waals surface area contributed by atoms with Gasteiger partial charge >= 0.3 is 0 Å². The minimum absolute atomic E-state index is 0.309. The monoisotopic (exact) mass is 259 g/mol. The molecule has 1 aromatic rings. The third-order valence-electron chi connectivity index (χ3n) is 3.46. The van der Waals surface area contributed by atoms with Crippen LogP contribution in [-0.2, 0) is 6.54 Å². The minimum atomic E-state index is -0.309. The minimum Gasteiger partial charge on any atom is -0.390 e. The van der Waals surface area contributed by atoms with Crippen LogP contribution in [0.3, 0.4) is 0 Å². The molecule has 0 bridgehead atoms. The number of rotatable bonds is 6. The predicted molar refractivity (Wildman–Crippen MR) is 74.5 cm³/mol. The van der Waals surface area contributed by atoms with Gasteiger partial charge in [-0.05, 0) is 43.6 Å². The van der Waals surface area contributed by atoms with Crippen LogP contribution < -0.4 is 5.32 Å². The van der Waals surface area contributed by atoms with E-state index in [1.54, 1.807) is 0 Å². The maximum atomic E-state index is 9.92. The Kier molecular flexibility index (Phi) is 5.34. The van der Waals surface area contributed by atoms with E-state index in [0.717, 1.165) is 31.7 Å². The third kappa shape index (κ3) is 4.64. The summed E-state index contributed by atoms with van der Waals surface area (Å²) in [6.45, 7) is 4.33. The highest BCUT2D eigenvalue weighted by Crippen LogP contribution is 2.07. The highest BCUT2D eigenvalue weighted by Gasteiger charge is 2.15. The predicted octanol–water partition coefficient (Wildman–Crippen LogP) is 1.10. The van der Waals surface area contributed by atoms with Gasteiger partial charge in [0.15, 0.2) is 0 Å². The standard InChI is InChI=1S/C15H21N3O/c16-9-13-3-5-14(6-4-13)10-17-11-15(19)12-18-7-1-2-8-18/h3-6,15,17,19H,1-2,7-8,10-12H2. The number of hydrogen-bond acceptors (Lipinski definition) is 4. The summed E-state index contributed by atoms with van der Waals surface area (Å²) in [7, 11) is 0. The van der Waals surface area contributed by atoms with E-state index in [-0.39, 0.29) is 6.10 Å². The lowest BCUT2D eigenvalue weighted by Crippen LogP contribution is -2.36. The number of aliphatic hydroxyl groups is 1. The fraction of sp³-hybridized carbons (Fsp3) is 0.533. The lowest BCUT2D eigenvalue weighted by atomic mass is 10.1. The first-order valence-electron chi connectivity index (χ1n) is 6.88. The lowest BCUT2D eigenvalue weighted by molar-refractivity contribution is 0.123. The zero-order valence-corrected chi connectivity index (χ0v) is 11.2. The molecule has 1 atom stereocenters. The van der Waals surface area contributed by atoms with Crippen molar-refractivity contribution in [3.05, 3.63) is 35.4 Å². The molecule has 1 aromatic carbocycles. The van der Waals surface area contributed by atoms with Crippen LogP contribution >= 0.6 is 0 Å². The Bertz CT molecular complexity index is 418. The molecule has 4 heteroatoms. The molecular formula is C15H21N3O. The fourth-order valence-electron chi connectivity index (χ4n) is 2.41. The molecule has 1 aliphatic rings. The van der Waals surface area contributed by atoms with Crippen LogP contribution in [0, 0.1) is 11.3 Å². The normalized spacial score (nSPS) is 17.3. The fourth-order valence-corrected chi connectivity index (χ4v) is 2.41. The Morgan fingerprint density at radius 1 is 1.26 bits per heavy atom. The molecule has 0 radical (unpaired) electrons. The summed E-state index contributed by atoms with van der Waals surface area (Å²) < 4.78 is 0. The molecule has 1 saturated heterocycles. The van der Waals surface area contributed by atoms with E-state index in [2.05, 4.69) is 16.3 Å². The summed E-state index contributed by atoms with van der Waals surface area (Å²) in [4.78, 5) is 2.31. The van der Waals surface area contributed by atoms with Crippen molar-refractivity contribution in [2.75, 3.05) is 26.2 Å². The zero-order valence-electron chi connectivity index (χ0n) is 11.2. The van der Waals surface area contributed by atoms with Gasteiger partial charge in [0.05, 0.1) is 17.7 Å². The van der Waals surface area contributed by atoms with Crippen LogP contribution in [0.5, 0.6) is 0 Å². The molecule has 1 aliphatic heterocycles. The van der Waals surface area contributed by atoms with Crippen LogP contribution in [0.15, 0.2) is 24.3 Å². The first-order chi connectivity index (χ1) is 9.28. The van der Waals surface area contributed by atoms with Crippen LogP contribution in [-0.4, -0.2) is 42.3 Å². The molecule has 2 rings (SSSR count). The number of hydrogen-bond donors (Lipinski definition) is 2. The number of nitrogens with zero attached hydrogens (tertiary/aromatic N) is 2. The number of nitriles is 1. The van der Waals surface area contributed by atoms with Gasteiger partial charge in [-0.2, -0.15) is 5.26 Å². The number of likely N-dealkylation sites (tertiary alicyclic amines) is 1. The molecule has 0 aliphatic carbocycles. The first kappa shape index (κ1) is 14.0. The van der Waals surface area contributed by atoms with Gasteiger partial charge in [0.1, 0.15) is 0 Å². The average Bonchev–Trinajstić information content (AvgIpc) is 2.92. The van der Waals surface area contributed by atoms with Crippen molar-refractivity contribution in [3.8, 4) is 6.07 Å². The van der Waals surface area contributed by atoms with Crippen LogP contribution in [0.1, 0.15) is 24.0 Å². The van der Waals surface area contributed by atoms with Gasteiger partial charge in [-0.25, -0.2) is 0 Å². The number of nitrogens with one attached hydrogen (secondary N) is 1. The lowest BCUT2D eigenvalue weighted by Gasteiger charge is -2.19. The first-order valence-corrected chi connectivity index (χ1v) is 6.88. The summed E-state index contributed by atoms with van der Waals surface area (Å²) in [5.74, 6) is 0. The summed E-state index contributed by atoms with van der Waals surface area (Å²) >= 11 is 0. The Balaban J connectivity index is 1.66. The van der Waals surface area contributed by atoms with Crippen LogP contribution in [0.25, 0.3) is 0 Å². The maximum absolute atomic E-state index is 9.92. The smallest absolute Gasteiger partial charge is 0.0991 e. The van der Waals surface area contributed by atoms with Gasteiger partial charge in [0.25, 0.3) is 0 Å². The largest absolute Gasteiger partial charge is 0.390 e. The quantitative estimate of drug-likeness (QED) is 0.803. The molecule has 102 valence electrons. The summed E-state index contributed by atoms with van der Waals surface area (Å²) in [5, 5.41) is 21.9. The maximum Gasteiger partial charge on any atom is 0.0991 e. The van der Waals surface area contributed by atoms with Gasteiger partial charge in [0.2, 0.25) is 0 Å². The van der Waals surface area contributed by atoms with Crippen molar-refractivity contribution >= 4 is 0 Å². The Labute approximate surface area is 114 Å². The van der Waals surface area contributed by atoms with Crippen molar-refractivity contribution in [1.82, 2.24) is 10.2 Å². The second kappa shape index (κ2) is 7.25. The van der Waals surface area contributed by atoms with Crippen molar-refractivity contribution in [2.24, 2.45) is 0 Å². The molecule has 0 saturated carbocycles. The molecule has 0 amide bonds. The van der Waals surface area contributed by atoms with E-state index in [1.165, 1.54) is 12.8 Å². The molecule has 0 aromatic heterocycles. The molecular weight excluding hydrogens is 238 g/mol. The van der Waals surface area contributed by atoms with E-state index in [9.17, 15) is 5.11 Å². The molecule has 19 heavy (non-hydrogen) atoms. The number of aliphatic hydroxyl groups excluding tert-OH is 1. The van der Waals surface area contributed by atoms with Crippen LogP contribution in [0.4, 0.5) is 0 Å². The van der Waals surface area contributed by atoms with Gasteiger partial charge in [0, 0.05) is 19.6 Å². The molecule has 1 heterocycles. The van der Waals surface area contributed by atoms with Gasteiger partial charge in [-0.3, -0.25) is 0 Å². The van der Waals surface area contributed by atoms with Gasteiger partial charge in [-0.15, -0.1) is 0 Å². The van der Waals surface area contributed by atoms with E-state index in [0.29, 0.717) is 12.1 Å². The highest BCUT2D eigenvalue weighted by atomic mass is 16.3. The average molecular weight is 259 g/mol. The third-order valence-corrected chi connectivity index (χ3v) is 3.46. The van der Waals surface area contributed by atoms with E-state index >= 15 is 0 Å². The SMILES string of the molecule is N#Cc1ccc(CNCC(O)CN2CCCC2)cc1. The molecule has 4 nitrogen and oxygen atoms in total. The highest BCUT2D eigenvalue weighted by molar-refractivity contribution is 5.31. The Morgan fingerprint density at radius 2 is 1.95 bits per heavy atom. The van der Waals surface area contributed by atoms with Gasteiger partial charge in [-0.1, -0.05) is 12.1 Å². The van der Waals surface area contributed by atoms with Crippen molar-refractivity contribution < 1.29 is 5.11 Å². The van der Waals surface area contributed by atoms with Crippen molar-refractivity contribution in [1.29, 1.82) is 5.26 Å². The summed E-state index contributed by atoms with van der Waals surface area (Å²) in [6.07, 6.45) is 2.20. The van der Waals surface area contributed by atoms with E-state index in [1.807, 2.05) is 24.3 Å². The van der Waals surface area contributed by atoms with E-state index in [4.69, 9.17) is 5.26 Å². The zero-order chi connectivity index (χ0) is 13.5. The van der Waals surface area contributed by atoms with Crippen molar-refractivity contribution in [3.63, 3.8) is 0 Å². The molecule has 1 fully saturated rings. The number of β-amino-alcohol motifs (C(OH)–C–C–N with tert-alkyl or cyclic N) is 1. The number of benzene rings is 1. The van der Waals surface area contributed by atoms with Crippen LogP contribution in [0.2, 0.25) is 0 Å². The Morgan fingerprint density at radius 3 is 2.58 bits per heavy atom. The summed E-state index contributed by atoms with van der Waals surface area (Å²) in [5.41, 5.74) is 1.81. The topological polar surface area (TPSA) is 59.3 Å². The second-order valence-corrected chi connectivity index (χ2v) is 5.10. The van der Waals surface area contributed by atoms with Crippen molar-refractivity contribution in [2.45, 2.75) is 25.5 Å². The molecule has 0 spiro atoms. The second-order valence-electron chi connectivity index (χ2n) is 5.10. The summed E-state index contributed by atoms with van der Waals surface area (Å²) in [6, 6.07) is 9.62.